The normalized spacial score (nSPS) is 14.4. The molecule has 26 heavy (non-hydrogen) atoms. The maximum atomic E-state index is 12.9. The minimum atomic E-state index is 0.0430. The van der Waals surface area contributed by atoms with Crippen molar-refractivity contribution in [1.82, 2.24) is 19.8 Å². The van der Waals surface area contributed by atoms with Gasteiger partial charge in [-0.1, -0.05) is 18.2 Å². The number of hydrogen-bond acceptors (Lipinski definition) is 5. The number of likely N-dealkylation sites (N-methyl/N-ethyl adjacent to an activating group) is 1. The Labute approximate surface area is 157 Å². The van der Waals surface area contributed by atoms with E-state index >= 15 is 0 Å². The predicted molar refractivity (Wildman–Crippen MR) is 104 cm³/mol. The number of fused-ring (bicyclic) bond motifs is 2. The van der Waals surface area contributed by atoms with E-state index in [1.165, 1.54) is 10.4 Å². The van der Waals surface area contributed by atoms with Crippen molar-refractivity contribution in [3.8, 4) is 0 Å². The molecule has 0 spiro atoms. The molecule has 1 aliphatic heterocycles. The van der Waals surface area contributed by atoms with Crippen LogP contribution >= 0.6 is 11.3 Å². The number of amides is 1. The van der Waals surface area contributed by atoms with E-state index in [1.807, 2.05) is 38.2 Å². The molecule has 2 aromatic heterocycles. The van der Waals surface area contributed by atoms with Gasteiger partial charge in [0, 0.05) is 36.1 Å². The Hall–Kier alpha value is -2.31. The molecule has 0 aliphatic carbocycles. The third kappa shape index (κ3) is 3.22. The molecule has 1 amide bonds. The largest absolute Gasteiger partial charge is 0.333 e. The summed E-state index contributed by atoms with van der Waals surface area (Å²) in [5.41, 5.74) is 3.19. The molecule has 0 N–H and O–H groups in total. The summed E-state index contributed by atoms with van der Waals surface area (Å²) in [4.78, 5) is 28.2. The number of thiophene rings is 1. The number of carbonyl (C=O) groups excluding carboxylic acids is 1. The van der Waals surface area contributed by atoms with E-state index in [9.17, 15) is 4.79 Å². The van der Waals surface area contributed by atoms with Crippen LogP contribution in [-0.2, 0) is 19.5 Å². The van der Waals surface area contributed by atoms with E-state index in [-0.39, 0.29) is 5.91 Å². The molecule has 0 saturated carbocycles. The van der Waals surface area contributed by atoms with Crippen molar-refractivity contribution in [2.45, 2.75) is 26.4 Å². The van der Waals surface area contributed by atoms with Gasteiger partial charge >= 0.3 is 0 Å². The average Bonchev–Trinajstić information content (AvgIpc) is 3.04. The third-order valence-electron chi connectivity index (χ3n) is 4.85. The molecule has 0 fully saturated rings. The first-order valence-corrected chi connectivity index (χ1v) is 9.61. The molecule has 0 unspecified atom stereocenters. The summed E-state index contributed by atoms with van der Waals surface area (Å²) in [5.74, 6) is 0.722. The number of aryl methyl sites for hydroxylation is 1. The molecule has 134 valence electrons. The standard InChI is InChI=1S/C20H22N4OS/c1-13-15-6-4-5-7-16(15)22-19(21-13)12-24(3)20(25)17-10-14-8-9-23(2)11-18(14)26-17/h4-7,10H,8-9,11-12H2,1-3H3. The van der Waals surface area contributed by atoms with Crippen molar-refractivity contribution in [3.63, 3.8) is 0 Å². The van der Waals surface area contributed by atoms with Gasteiger partial charge < -0.3 is 9.80 Å². The number of aromatic nitrogens is 2. The molecule has 0 radical (unpaired) electrons. The maximum absolute atomic E-state index is 12.9. The molecule has 4 rings (SSSR count). The number of rotatable bonds is 3. The summed E-state index contributed by atoms with van der Waals surface area (Å²) in [5, 5.41) is 1.06. The highest BCUT2D eigenvalue weighted by Crippen LogP contribution is 2.28. The number of para-hydroxylation sites is 1. The lowest BCUT2D eigenvalue weighted by Crippen LogP contribution is -2.26. The second-order valence-corrected chi connectivity index (χ2v) is 8.09. The van der Waals surface area contributed by atoms with Crippen LogP contribution in [0.4, 0.5) is 0 Å². The Morgan fingerprint density at radius 2 is 2.12 bits per heavy atom. The van der Waals surface area contributed by atoms with Crippen molar-refractivity contribution in [3.05, 3.63) is 57.2 Å². The number of nitrogens with zero attached hydrogens (tertiary/aromatic N) is 4. The van der Waals surface area contributed by atoms with E-state index < -0.39 is 0 Å². The van der Waals surface area contributed by atoms with Crippen molar-refractivity contribution in [2.24, 2.45) is 0 Å². The second-order valence-electron chi connectivity index (χ2n) is 6.95. The summed E-state index contributed by atoms with van der Waals surface area (Å²) in [6.07, 6.45) is 1.02. The highest BCUT2D eigenvalue weighted by atomic mass is 32.1. The van der Waals surface area contributed by atoms with Gasteiger partial charge in [-0.05, 0) is 38.1 Å². The minimum Gasteiger partial charge on any atom is -0.333 e. The Bertz CT molecular complexity index is 981. The number of carbonyl (C=O) groups is 1. The molecular weight excluding hydrogens is 344 g/mol. The maximum Gasteiger partial charge on any atom is 0.264 e. The van der Waals surface area contributed by atoms with E-state index in [1.54, 1.807) is 16.2 Å². The van der Waals surface area contributed by atoms with Crippen LogP contribution in [-0.4, -0.2) is 46.3 Å². The van der Waals surface area contributed by atoms with Crippen LogP contribution in [0.1, 0.15) is 31.6 Å². The van der Waals surface area contributed by atoms with Gasteiger partial charge in [0.05, 0.1) is 16.9 Å². The Morgan fingerprint density at radius 3 is 2.96 bits per heavy atom. The fourth-order valence-corrected chi connectivity index (χ4v) is 4.68. The summed E-state index contributed by atoms with van der Waals surface area (Å²) in [6.45, 7) is 4.38. The van der Waals surface area contributed by atoms with Crippen LogP contribution in [0.3, 0.4) is 0 Å². The topological polar surface area (TPSA) is 49.3 Å². The highest BCUT2D eigenvalue weighted by Gasteiger charge is 2.22. The summed E-state index contributed by atoms with van der Waals surface area (Å²) in [7, 11) is 3.94. The minimum absolute atomic E-state index is 0.0430. The fourth-order valence-electron chi connectivity index (χ4n) is 3.39. The first-order chi connectivity index (χ1) is 12.5. The lowest BCUT2D eigenvalue weighted by atomic mass is 10.1. The monoisotopic (exact) mass is 366 g/mol. The van der Waals surface area contributed by atoms with Gasteiger partial charge in [-0.15, -0.1) is 11.3 Å². The van der Waals surface area contributed by atoms with Gasteiger partial charge in [-0.25, -0.2) is 9.97 Å². The zero-order valence-corrected chi connectivity index (χ0v) is 16.1. The second kappa shape index (κ2) is 6.78. The van der Waals surface area contributed by atoms with Crippen molar-refractivity contribution in [1.29, 1.82) is 0 Å². The zero-order valence-electron chi connectivity index (χ0n) is 15.3. The van der Waals surface area contributed by atoms with Crippen molar-refractivity contribution in [2.75, 3.05) is 20.6 Å². The van der Waals surface area contributed by atoms with Crippen LogP contribution in [0.2, 0.25) is 0 Å². The highest BCUT2D eigenvalue weighted by molar-refractivity contribution is 7.14. The molecule has 0 bridgehead atoms. The SMILES string of the molecule is Cc1nc(CN(C)C(=O)c2cc3c(s2)CN(C)CC3)nc2ccccc12. The van der Waals surface area contributed by atoms with E-state index in [2.05, 4.69) is 28.0 Å². The number of benzene rings is 1. The van der Waals surface area contributed by atoms with Crippen LogP contribution in [0, 0.1) is 6.92 Å². The Balaban J connectivity index is 1.55. The van der Waals surface area contributed by atoms with Gasteiger partial charge in [0.1, 0.15) is 5.82 Å². The zero-order chi connectivity index (χ0) is 18.3. The molecule has 1 aliphatic rings. The molecule has 1 aromatic carbocycles. The molecule has 0 saturated heterocycles. The summed E-state index contributed by atoms with van der Waals surface area (Å²) < 4.78 is 0. The van der Waals surface area contributed by atoms with Gasteiger partial charge in [0.25, 0.3) is 5.91 Å². The molecule has 3 heterocycles. The molecule has 3 aromatic rings. The van der Waals surface area contributed by atoms with E-state index in [0.29, 0.717) is 12.4 Å². The lowest BCUT2D eigenvalue weighted by molar-refractivity contribution is 0.0786. The van der Waals surface area contributed by atoms with Crippen LogP contribution in [0.25, 0.3) is 10.9 Å². The van der Waals surface area contributed by atoms with Crippen LogP contribution < -0.4 is 0 Å². The van der Waals surface area contributed by atoms with Gasteiger partial charge in [0.2, 0.25) is 0 Å². The Kier molecular flexibility index (Phi) is 4.46. The third-order valence-corrected chi connectivity index (χ3v) is 6.00. The molecule has 6 heteroatoms. The van der Waals surface area contributed by atoms with Gasteiger partial charge in [-0.2, -0.15) is 0 Å². The summed E-state index contributed by atoms with van der Waals surface area (Å²) in [6, 6.07) is 10.0. The van der Waals surface area contributed by atoms with Crippen molar-refractivity contribution >= 4 is 28.1 Å². The molecule has 0 atom stereocenters. The van der Waals surface area contributed by atoms with Crippen molar-refractivity contribution < 1.29 is 4.79 Å². The molecular formula is C20H22N4OS. The smallest absolute Gasteiger partial charge is 0.264 e. The lowest BCUT2D eigenvalue weighted by Gasteiger charge is -2.21. The van der Waals surface area contributed by atoms with Crippen LogP contribution in [0.5, 0.6) is 0 Å². The first kappa shape index (κ1) is 17.1. The van der Waals surface area contributed by atoms with Gasteiger partial charge in [-0.3, -0.25) is 4.79 Å². The average molecular weight is 366 g/mol. The first-order valence-electron chi connectivity index (χ1n) is 8.79. The molecule has 5 nitrogen and oxygen atoms in total. The van der Waals surface area contributed by atoms with Crippen LogP contribution in [0.15, 0.2) is 30.3 Å². The quantitative estimate of drug-likeness (QED) is 0.714. The van der Waals surface area contributed by atoms with E-state index in [4.69, 9.17) is 0 Å². The van der Waals surface area contributed by atoms with Gasteiger partial charge in [0.15, 0.2) is 0 Å². The predicted octanol–water partition coefficient (Wildman–Crippen LogP) is 3.26. The Morgan fingerprint density at radius 1 is 1.31 bits per heavy atom. The number of hydrogen-bond donors (Lipinski definition) is 0. The van der Waals surface area contributed by atoms with E-state index in [0.717, 1.165) is 41.0 Å². The fraction of sp³-hybridized carbons (Fsp3) is 0.350. The summed E-state index contributed by atoms with van der Waals surface area (Å²) >= 11 is 1.62.